The number of aryl methyl sites for hydroxylation is 1. The van der Waals surface area contributed by atoms with Crippen LogP contribution in [0.5, 0.6) is 0 Å². The first kappa shape index (κ1) is 10.9. The van der Waals surface area contributed by atoms with Gasteiger partial charge in [0.25, 0.3) is 0 Å². The molecular formula is C12H17N3O. The van der Waals surface area contributed by atoms with Crippen molar-refractivity contribution in [2.45, 2.75) is 32.2 Å². The Morgan fingerprint density at radius 2 is 2.44 bits per heavy atom. The second kappa shape index (κ2) is 4.96. The lowest BCUT2D eigenvalue weighted by molar-refractivity contribution is -0.120. The van der Waals surface area contributed by atoms with Crippen LogP contribution in [0.25, 0.3) is 0 Å². The quantitative estimate of drug-likeness (QED) is 0.792. The number of aromatic nitrogens is 1. The number of nitrogens with one attached hydrogen (secondary N) is 2. The summed E-state index contributed by atoms with van der Waals surface area (Å²) in [5.74, 6) is 0.140. The average Bonchev–Trinajstić information content (AvgIpc) is 2.43. The summed E-state index contributed by atoms with van der Waals surface area (Å²) in [6.45, 7) is 2.76. The van der Waals surface area contributed by atoms with Crippen molar-refractivity contribution in [3.05, 3.63) is 24.0 Å². The van der Waals surface area contributed by atoms with E-state index in [-0.39, 0.29) is 11.9 Å². The second-order valence-corrected chi connectivity index (χ2v) is 4.22. The fraction of sp³-hybridized carbons (Fsp3) is 0.500. The highest BCUT2D eigenvalue weighted by Gasteiger charge is 2.16. The first-order valence-corrected chi connectivity index (χ1v) is 5.70. The van der Waals surface area contributed by atoms with Gasteiger partial charge in [0.15, 0.2) is 0 Å². The van der Waals surface area contributed by atoms with Crippen LogP contribution in [0.15, 0.2) is 18.3 Å². The van der Waals surface area contributed by atoms with Gasteiger partial charge in [-0.15, -0.1) is 0 Å². The topological polar surface area (TPSA) is 54.0 Å². The number of pyridine rings is 1. The molecule has 1 aromatic rings. The van der Waals surface area contributed by atoms with Gasteiger partial charge in [0.1, 0.15) is 0 Å². The molecule has 1 fully saturated rings. The molecule has 1 atom stereocenters. The van der Waals surface area contributed by atoms with E-state index in [2.05, 4.69) is 15.6 Å². The Morgan fingerprint density at radius 1 is 1.56 bits per heavy atom. The molecule has 0 aromatic carbocycles. The lowest BCUT2D eigenvalue weighted by Gasteiger charge is -2.16. The van der Waals surface area contributed by atoms with Gasteiger partial charge in [-0.3, -0.25) is 9.78 Å². The maximum absolute atomic E-state index is 11.4. The molecular weight excluding hydrogens is 202 g/mol. The molecule has 1 amide bonds. The maximum Gasteiger partial charge on any atom is 0.222 e. The molecule has 4 heteroatoms. The Balaban J connectivity index is 2.00. The standard InChI is InChI=1S/C12H17N3O/c1-9-7-11(4-6-13-9)15-10-3-2-5-14-12(16)8-10/h4,6-7,10H,2-3,5,8H2,1H3,(H,13,15)(H,14,16). The molecule has 0 aliphatic carbocycles. The van der Waals surface area contributed by atoms with E-state index < -0.39 is 0 Å². The van der Waals surface area contributed by atoms with Gasteiger partial charge in [-0.2, -0.15) is 0 Å². The Morgan fingerprint density at radius 3 is 3.25 bits per heavy atom. The molecule has 1 aliphatic heterocycles. The first-order chi connectivity index (χ1) is 7.74. The van der Waals surface area contributed by atoms with Gasteiger partial charge >= 0.3 is 0 Å². The van der Waals surface area contributed by atoms with E-state index in [9.17, 15) is 4.79 Å². The van der Waals surface area contributed by atoms with Gasteiger partial charge in [0.05, 0.1) is 0 Å². The number of nitrogens with zero attached hydrogens (tertiary/aromatic N) is 1. The van der Waals surface area contributed by atoms with E-state index in [4.69, 9.17) is 0 Å². The molecule has 1 aromatic heterocycles. The first-order valence-electron chi connectivity index (χ1n) is 5.70. The Kier molecular flexibility index (Phi) is 3.39. The van der Waals surface area contributed by atoms with Gasteiger partial charge in [-0.05, 0) is 31.9 Å². The molecule has 1 saturated heterocycles. The summed E-state index contributed by atoms with van der Waals surface area (Å²) in [5.41, 5.74) is 2.04. The molecule has 86 valence electrons. The van der Waals surface area contributed by atoms with Gasteiger partial charge in [0, 0.05) is 36.6 Å². The summed E-state index contributed by atoms with van der Waals surface area (Å²) in [4.78, 5) is 15.5. The van der Waals surface area contributed by atoms with Crippen LogP contribution >= 0.6 is 0 Å². The molecule has 16 heavy (non-hydrogen) atoms. The van der Waals surface area contributed by atoms with E-state index in [1.165, 1.54) is 0 Å². The minimum absolute atomic E-state index is 0.140. The second-order valence-electron chi connectivity index (χ2n) is 4.22. The Labute approximate surface area is 95.5 Å². The smallest absolute Gasteiger partial charge is 0.222 e. The minimum Gasteiger partial charge on any atom is -0.382 e. The molecule has 2 heterocycles. The van der Waals surface area contributed by atoms with Crippen LogP contribution in [0.1, 0.15) is 25.0 Å². The van der Waals surface area contributed by atoms with E-state index >= 15 is 0 Å². The van der Waals surface area contributed by atoms with E-state index in [1.807, 2.05) is 19.1 Å². The minimum atomic E-state index is 0.140. The molecule has 1 unspecified atom stereocenters. The summed E-state index contributed by atoms with van der Waals surface area (Å²) in [6.07, 6.45) is 4.41. The van der Waals surface area contributed by atoms with Crippen LogP contribution in [0.2, 0.25) is 0 Å². The zero-order valence-corrected chi connectivity index (χ0v) is 9.49. The SMILES string of the molecule is Cc1cc(NC2CCCNC(=O)C2)ccn1. The number of hydrogen-bond donors (Lipinski definition) is 2. The maximum atomic E-state index is 11.4. The fourth-order valence-corrected chi connectivity index (χ4v) is 1.97. The number of rotatable bonds is 2. The summed E-state index contributed by atoms with van der Waals surface area (Å²) in [5, 5.41) is 6.27. The van der Waals surface area contributed by atoms with Crippen LogP contribution in [-0.4, -0.2) is 23.5 Å². The average molecular weight is 219 g/mol. The molecule has 4 nitrogen and oxygen atoms in total. The highest BCUT2D eigenvalue weighted by molar-refractivity contribution is 5.77. The van der Waals surface area contributed by atoms with Crippen molar-refractivity contribution < 1.29 is 4.79 Å². The Bertz CT molecular complexity index is 378. The largest absolute Gasteiger partial charge is 0.382 e. The zero-order valence-electron chi connectivity index (χ0n) is 9.49. The predicted molar refractivity (Wildman–Crippen MR) is 63.2 cm³/mol. The van der Waals surface area contributed by atoms with Crippen LogP contribution in [0, 0.1) is 6.92 Å². The van der Waals surface area contributed by atoms with Gasteiger partial charge in [-0.25, -0.2) is 0 Å². The van der Waals surface area contributed by atoms with Crippen molar-refractivity contribution in [3.8, 4) is 0 Å². The van der Waals surface area contributed by atoms with Crippen molar-refractivity contribution in [2.24, 2.45) is 0 Å². The summed E-state index contributed by atoms with van der Waals surface area (Å²) in [6, 6.07) is 4.18. The van der Waals surface area contributed by atoms with Crippen molar-refractivity contribution in [1.82, 2.24) is 10.3 Å². The number of carbonyl (C=O) groups excluding carboxylic acids is 1. The fourth-order valence-electron chi connectivity index (χ4n) is 1.97. The summed E-state index contributed by atoms with van der Waals surface area (Å²) in [7, 11) is 0. The number of anilines is 1. The molecule has 2 N–H and O–H groups in total. The summed E-state index contributed by atoms with van der Waals surface area (Å²) >= 11 is 0. The van der Waals surface area contributed by atoms with E-state index in [1.54, 1.807) is 6.20 Å². The van der Waals surface area contributed by atoms with E-state index in [0.29, 0.717) is 6.42 Å². The lowest BCUT2D eigenvalue weighted by Crippen LogP contribution is -2.26. The molecule has 0 spiro atoms. The van der Waals surface area contributed by atoms with Crippen molar-refractivity contribution >= 4 is 11.6 Å². The van der Waals surface area contributed by atoms with Gasteiger partial charge in [-0.1, -0.05) is 0 Å². The monoisotopic (exact) mass is 219 g/mol. The Hall–Kier alpha value is -1.58. The van der Waals surface area contributed by atoms with Crippen LogP contribution in [0.3, 0.4) is 0 Å². The van der Waals surface area contributed by atoms with Crippen LogP contribution in [-0.2, 0) is 4.79 Å². The molecule has 0 radical (unpaired) electrons. The third-order valence-corrected chi connectivity index (χ3v) is 2.75. The predicted octanol–water partition coefficient (Wildman–Crippen LogP) is 1.47. The normalized spacial score (nSPS) is 21.1. The molecule has 0 saturated carbocycles. The highest BCUT2D eigenvalue weighted by Crippen LogP contribution is 2.14. The van der Waals surface area contributed by atoms with Crippen molar-refractivity contribution in [3.63, 3.8) is 0 Å². The highest BCUT2D eigenvalue weighted by atomic mass is 16.1. The van der Waals surface area contributed by atoms with Gasteiger partial charge in [0.2, 0.25) is 5.91 Å². The molecule has 1 aliphatic rings. The third-order valence-electron chi connectivity index (χ3n) is 2.75. The summed E-state index contributed by atoms with van der Waals surface area (Å²) < 4.78 is 0. The molecule has 0 bridgehead atoms. The molecule has 2 rings (SSSR count). The van der Waals surface area contributed by atoms with Gasteiger partial charge < -0.3 is 10.6 Å². The zero-order chi connectivity index (χ0) is 11.4. The van der Waals surface area contributed by atoms with Crippen LogP contribution < -0.4 is 10.6 Å². The third kappa shape index (κ3) is 2.95. The van der Waals surface area contributed by atoms with Crippen LogP contribution in [0.4, 0.5) is 5.69 Å². The number of carbonyl (C=O) groups is 1. The number of hydrogen-bond acceptors (Lipinski definition) is 3. The number of amides is 1. The lowest BCUT2D eigenvalue weighted by atomic mass is 10.1. The van der Waals surface area contributed by atoms with Crippen molar-refractivity contribution in [1.29, 1.82) is 0 Å². The van der Waals surface area contributed by atoms with Crippen molar-refractivity contribution in [2.75, 3.05) is 11.9 Å². The van der Waals surface area contributed by atoms with E-state index in [0.717, 1.165) is 30.8 Å².